The molecule has 0 bridgehead atoms. The van der Waals surface area contributed by atoms with Crippen molar-refractivity contribution in [3.05, 3.63) is 102 Å². The van der Waals surface area contributed by atoms with E-state index in [4.69, 9.17) is 0 Å². The van der Waals surface area contributed by atoms with Crippen molar-refractivity contribution in [2.24, 2.45) is 0 Å². The minimum atomic E-state index is -0.361. The van der Waals surface area contributed by atoms with Gasteiger partial charge in [-0.2, -0.15) is 0 Å². The Morgan fingerprint density at radius 3 is 2.11 bits per heavy atom. The molecule has 4 nitrogen and oxygen atoms in total. The zero-order chi connectivity index (χ0) is 19.8. The van der Waals surface area contributed by atoms with E-state index in [-0.39, 0.29) is 24.3 Å². The van der Waals surface area contributed by atoms with Gasteiger partial charge in [-0.25, -0.2) is 0 Å². The van der Waals surface area contributed by atoms with Gasteiger partial charge in [-0.05, 0) is 29.2 Å². The fourth-order valence-corrected chi connectivity index (χ4v) is 3.18. The summed E-state index contributed by atoms with van der Waals surface area (Å²) < 4.78 is 0. The highest BCUT2D eigenvalue weighted by atomic mass is 16.2. The van der Waals surface area contributed by atoms with Crippen molar-refractivity contribution in [3.8, 4) is 0 Å². The van der Waals surface area contributed by atoms with Gasteiger partial charge >= 0.3 is 0 Å². The summed E-state index contributed by atoms with van der Waals surface area (Å²) in [6.07, 6.45) is 0.911. The Morgan fingerprint density at radius 1 is 0.821 bits per heavy atom. The monoisotopic (exact) mass is 372 g/mol. The molecule has 0 heterocycles. The first-order valence-electron chi connectivity index (χ1n) is 9.35. The van der Waals surface area contributed by atoms with Gasteiger partial charge in [0.1, 0.15) is 0 Å². The third kappa shape index (κ3) is 5.55. The van der Waals surface area contributed by atoms with E-state index in [9.17, 15) is 9.59 Å². The van der Waals surface area contributed by atoms with Crippen LogP contribution in [0.5, 0.6) is 0 Å². The highest BCUT2D eigenvalue weighted by molar-refractivity contribution is 5.92. The van der Waals surface area contributed by atoms with E-state index in [0.717, 1.165) is 23.2 Å². The normalized spacial score (nSPS) is 11.5. The summed E-state index contributed by atoms with van der Waals surface area (Å²) in [5.41, 5.74) is 3.94. The van der Waals surface area contributed by atoms with E-state index in [0.29, 0.717) is 0 Å². The Hall–Kier alpha value is -3.40. The number of hydrogen-bond acceptors (Lipinski definition) is 2. The van der Waals surface area contributed by atoms with Crippen LogP contribution >= 0.6 is 0 Å². The molecular weight excluding hydrogens is 348 g/mol. The number of para-hydroxylation sites is 1. The number of rotatable bonds is 7. The Kier molecular flexibility index (Phi) is 6.58. The zero-order valence-corrected chi connectivity index (χ0v) is 15.9. The van der Waals surface area contributed by atoms with E-state index >= 15 is 0 Å². The molecule has 3 rings (SSSR count). The molecule has 3 aromatic carbocycles. The van der Waals surface area contributed by atoms with Crippen molar-refractivity contribution < 1.29 is 9.59 Å². The largest absolute Gasteiger partial charge is 0.349 e. The van der Waals surface area contributed by atoms with Crippen LogP contribution in [0.2, 0.25) is 0 Å². The SMILES string of the molecule is CC(=O)N[C@H](CC(=O)Nc1ccccc1Cc1ccccc1)c1ccccc1. The fourth-order valence-electron chi connectivity index (χ4n) is 3.18. The van der Waals surface area contributed by atoms with E-state index in [1.165, 1.54) is 12.5 Å². The number of carbonyl (C=O) groups is 2. The molecule has 2 N–H and O–H groups in total. The number of carbonyl (C=O) groups excluding carboxylic acids is 2. The van der Waals surface area contributed by atoms with Crippen LogP contribution in [-0.4, -0.2) is 11.8 Å². The lowest BCUT2D eigenvalue weighted by Gasteiger charge is -2.19. The van der Waals surface area contributed by atoms with Gasteiger partial charge in [0.05, 0.1) is 12.5 Å². The van der Waals surface area contributed by atoms with E-state index in [1.54, 1.807) is 0 Å². The van der Waals surface area contributed by atoms with Gasteiger partial charge in [0.15, 0.2) is 0 Å². The van der Waals surface area contributed by atoms with Crippen LogP contribution in [0, 0.1) is 0 Å². The van der Waals surface area contributed by atoms with Gasteiger partial charge in [0.2, 0.25) is 11.8 Å². The zero-order valence-electron chi connectivity index (χ0n) is 15.9. The molecule has 0 aliphatic carbocycles. The van der Waals surface area contributed by atoms with Gasteiger partial charge in [-0.1, -0.05) is 78.9 Å². The molecule has 0 fully saturated rings. The molecule has 0 saturated heterocycles. The van der Waals surface area contributed by atoms with Gasteiger partial charge in [0.25, 0.3) is 0 Å². The van der Waals surface area contributed by atoms with Gasteiger partial charge in [-0.3, -0.25) is 9.59 Å². The summed E-state index contributed by atoms with van der Waals surface area (Å²) in [6.45, 7) is 1.46. The molecule has 142 valence electrons. The molecule has 4 heteroatoms. The summed E-state index contributed by atoms with van der Waals surface area (Å²) in [4.78, 5) is 24.3. The van der Waals surface area contributed by atoms with Crippen LogP contribution in [0.4, 0.5) is 5.69 Å². The molecule has 0 radical (unpaired) electrons. The van der Waals surface area contributed by atoms with E-state index in [2.05, 4.69) is 22.8 Å². The molecule has 0 spiro atoms. The van der Waals surface area contributed by atoms with Crippen LogP contribution < -0.4 is 10.6 Å². The van der Waals surface area contributed by atoms with Crippen LogP contribution in [0.1, 0.15) is 36.1 Å². The summed E-state index contributed by atoms with van der Waals surface area (Å²) >= 11 is 0. The maximum atomic E-state index is 12.7. The predicted octanol–water partition coefficient (Wildman–Crippen LogP) is 4.48. The maximum absolute atomic E-state index is 12.7. The van der Waals surface area contributed by atoms with Crippen LogP contribution in [0.25, 0.3) is 0 Å². The highest BCUT2D eigenvalue weighted by Crippen LogP contribution is 2.22. The molecule has 2 amide bonds. The Labute approximate surface area is 165 Å². The van der Waals surface area contributed by atoms with E-state index < -0.39 is 0 Å². The first-order valence-corrected chi connectivity index (χ1v) is 9.35. The smallest absolute Gasteiger partial charge is 0.226 e. The molecule has 0 aromatic heterocycles. The first-order chi connectivity index (χ1) is 13.6. The molecule has 0 aliphatic rings. The second-order valence-electron chi connectivity index (χ2n) is 6.74. The highest BCUT2D eigenvalue weighted by Gasteiger charge is 2.17. The minimum Gasteiger partial charge on any atom is -0.349 e. The van der Waals surface area contributed by atoms with Crippen molar-refractivity contribution in [1.29, 1.82) is 0 Å². The van der Waals surface area contributed by atoms with Gasteiger partial charge < -0.3 is 10.6 Å². The third-order valence-electron chi connectivity index (χ3n) is 4.50. The van der Waals surface area contributed by atoms with Crippen LogP contribution in [0.3, 0.4) is 0 Å². The summed E-state index contributed by atoms with van der Waals surface area (Å²) in [6, 6.07) is 27.1. The van der Waals surface area contributed by atoms with Crippen molar-refractivity contribution >= 4 is 17.5 Å². The van der Waals surface area contributed by atoms with Gasteiger partial charge in [0, 0.05) is 12.6 Å². The Morgan fingerprint density at radius 2 is 1.43 bits per heavy atom. The second-order valence-corrected chi connectivity index (χ2v) is 6.74. The Bertz CT molecular complexity index is 924. The topological polar surface area (TPSA) is 58.2 Å². The fraction of sp³-hybridized carbons (Fsp3) is 0.167. The first kappa shape index (κ1) is 19.4. The van der Waals surface area contributed by atoms with Gasteiger partial charge in [-0.15, -0.1) is 0 Å². The molecule has 3 aromatic rings. The second kappa shape index (κ2) is 9.51. The predicted molar refractivity (Wildman–Crippen MR) is 112 cm³/mol. The minimum absolute atomic E-state index is 0.136. The number of hydrogen-bond donors (Lipinski definition) is 2. The number of amides is 2. The van der Waals surface area contributed by atoms with Crippen LogP contribution in [0.15, 0.2) is 84.9 Å². The average Bonchev–Trinajstić information content (AvgIpc) is 2.70. The number of nitrogens with one attached hydrogen (secondary N) is 2. The lowest BCUT2D eigenvalue weighted by Crippen LogP contribution is -2.29. The number of benzene rings is 3. The quantitative estimate of drug-likeness (QED) is 0.642. The van der Waals surface area contributed by atoms with Crippen molar-refractivity contribution in [2.75, 3.05) is 5.32 Å². The molecule has 0 unspecified atom stereocenters. The molecule has 1 atom stereocenters. The summed E-state index contributed by atoms with van der Waals surface area (Å²) in [5, 5.41) is 5.88. The maximum Gasteiger partial charge on any atom is 0.226 e. The third-order valence-corrected chi connectivity index (χ3v) is 4.50. The van der Waals surface area contributed by atoms with Crippen molar-refractivity contribution in [3.63, 3.8) is 0 Å². The average molecular weight is 372 g/mol. The molecule has 28 heavy (non-hydrogen) atoms. The molecule has 0 aliphatic heterocycles. The molecular formula is C24H24N2O2. The van der Waals surface area contributed by atoms with E-state index in [1.807, 2.05) is 72.8 Å². The number of anilines is 1. The van der Waals surface area contributed by atoms with Crippen LogP contribution in [-0.2, 0) is 16.0 Å². The summed E-state index contributed by atoms with van der Waals surface area (Å²) in [5.74, 6) is -0.297. The lowest BCUT2D eigenvalue weighted by atomic mass is 10.0. The Balaban J connectivity index is 1.72. The van der Waals surface area contributed by atoms with Crippen molar-refractivity contribution in [1.82, 2.24) is 5.32 Å². The van der Waals surface area contributed by atoms with Crippen molar-refractivity contribution in [2.45, 2.75) is 25.8 Å². The lowest BCUT2D eigenvalue weighted by molar-refractivity contribution is -0.120. The standard InChI is InChI=1S/C24H24N2O2/c1-18(27)25-23(20-12-6-3-7-13-20)17-24(28)26-22-15-9-8-14-21(22)16-19-10-4-2-5-11-19/h2-15,23H,16-17H2,1H3,(H,25,27)(H,26,28)/t23-/m1/s1. The summed E-state index contributed by atoms with van der Waals surface area (Å²) in [7, 11) is 0. The molecule has 0 saturated carbocycles.